The number of ether oxygens (including phenoxy) is 1. The smallest absolute Gasteiger partial charge is 0.129 e. The fourth-order valence-electron chi connectivity index (χ4n) is 1.24. The fraction of sp³-hybridized carbons (Fsp3) is 0.167. The van der Waals surface area contributed by atoms with Gasteiger partial charge in [0.15, 0.2) is 0 Å². The minimum absolute atomic E-state index is 0.234. The second kappa shape index (κ2) is 4.97. The fourth-order valence-corrected chi connectivity index (χ4v) is 2.62. The summed E-state index contributed by atoms with van der Waals surface area (Å²) in [5, 5.41) is 1.98. The molecule has 0 fully saturated rings. The summed E-state index contributed by atoms with van der Waals surface area (Å²) >= 11 is 5.03. The Morgan fingerprint density at radius 1 is 1.38 bits per heavy atom. The van der Waals surface area contributed by atoms with E-state index in [1.165, 1.54) is 6.07 Å². The maximum atomic E-state index is 13.2. The molecule has 0 N–H and O–H groups in total. The summed E-state index contributed by atoms with van der Waals surface area (Å²) < 4.78 is 19.8. The third-order valence-electron chi connectivity index (χ3n) is 2.20. The molecule has 0 amide bonds. The van der Waals surface area contributed by atoms with Gasteiger partial charge in [0, 0.05) is 10.5 Å². The first-order valence-corrected chi connectivity index (χ1v) is 6.45. The van der Waals surface area contributed by atoms with Gasteiger partial charge >= 0.3 is 0 Å². The van der Waals surface area contributed by atoms with Crippen LogP contribution in [0.1, 0.15) is 10.4 Å². The van der Waals surface area contributed by atoms with Crippen molar-refractivity contribution in [2.24, 2.45) is 0 Å². The molecule has 0 aliphatic rings. The second-order valence-corrected chi connectivity index (χ2v) is 5.25. The van der Waals surface area contributed by atoms with Gasteiger partial charge in [-0.15, -0.1) is 11.3 Å². The molecular weight excluding hydrogens is 291 g/mol. The van der Waals surface area contributed by atoms with E-state index in [0.29, 0.717) is 17.9 Å². The summed E-state index contributed by atoms with van der Waals surface area (Å²) in [7, 11) is 0. The average Bonchev–Trinajstić information content (AvgIpc) is 2.66. The lowest BCUT2D eigenvalue weighted by Crippen LogP contribution is -1.94. The van der Waals surface area contributed by atoms with Gasteiger partial charge in [-0.05, 0) is 45.9 Å². The van der Waals surface area contributed by atoms with Crippen LogP contribution in [0.15, 0.2) is 34.1 Å². The highest BCUT2D eigenvalue weighted by Gasteiger charge is 2.04. The molecule has 84 valence electrons. The predicted molar refractivity (Wildman–Crippen MR) is 67.5 cm³/mol. The standard InChI is InChI=1S/C12H10BrFOS/c1-8-2-3-9(6-11(8)14)15-7-12-10(13)4-5-16-12/h2-6H,7H2,1H3. The topological polar surface area (TPSA) is 9.23 Å². The molecule has 4 heteroatoms. The summed E-state index contributed by atoms with van der Waals surface area (Å²) in [5.74, 6) is 0.325. The van der Waals surface area contributed by atoms with E-state index in [4.69, 9.17) is 4.74 Å². The molecule has 0 aliphatic heterocycles. The van der Waals surface area contributed by atoms with Crippen LogP contribution in [-0.4, -0.2) is 0 Å². The zero-order chi connectivity index (χ0) is 11.5. The van der Waals surface area contributed by atoms with Crippen LogP contribution in [0.25, 0.3) is 0 Å². The predicted octanol–water partition coefficient (Wildman–Crippen LogP) is 4.54. The number of aryl methyl sites for hydroxylation is 1. The monoisotopic (exact) mass is 300 g/mol. The van der Waals surface area contributed by atoms with Crippen molar-refractivity contribution in [3.8, 4) is 5.75 Å². The highest BCUT2D eigenvalue weighted by Crippen LogP contribution is 2.25. The third kappa shape index (κ3) is 2.62. The molecule has 16 heavy (non-hydrogen) atoms. The van der Waals surface area contributed by atoms with Crippen molar-refractivity contribution in [2.45, 2.75) is 13.5 Å². The SMILES string of the molecule is Cc1ccc(OCc2sccc2Br)cc1F. The lowest BCUT2D eigenvalue weighted by molar-refractivity contribution is 0.307. The van der Waals surface area contributed by atoms with E-state index in [9.17, 15) is 4.39 Å². The molecule has 1 nitrogen and oxygen atoms in total. The van der Waals surface area contributed by atoms with Crippen molar-refractivity contribution in [3.05, 3.63) is 50.4 Å². The van der Waals surface area contributed by atoms with Crippen LogP contribution in [0.3, 0.4) is 0 Å². The van der Waals surface area contributed by atoms with Crippen LogP contribution in [0.5, 0.6) is 5.75 Å². The van der Waals surface area contributed by atoms with Crippen LogP contribution in [0.2, 0.25) is 0 Å². The summed E-state index contributed by atoms with van der Waals surface area (Å²) in [6.45, 7) is 2.19. The highest BCUT2D eigenvalue weighted by atomic mass is 79.9. The molecule has 0 bridgehead atoms. The third-order valence-corrected chi connectivity index (χ3v) is 4.10. The van der Waals surface area contributed by atoms with E-state index in [1.54, 1.807) is 30.4 Å². The largest absolute Gasteiger partial charge is 0.488 e. The number of hydrogen-bond acceptors (Lipinski definition) is 2. The van der Waals surface area contributed by atoms with E-state index in [1.807, 2.05) is 11.4 Å². The molecular formula is C12H10BrFOS. The number of hydrogen-bond donors (Lipinski definition) is 0. The van der Waals surface area contributed by atoms with Crippen LogP contribution < -0.4 is 4.74 Å². The van der Waals surface area contributed by atoms with Gasteiger partial charge in [-0.3, -0.25) is 0 Å². The first-order chi connectivity index (χ1) is 7.66. The molecule has 1 aromatic heterocycles. The summed E-state index contributed by atoms with van der Waals surface area (Å²) in [5.41, 5.74) is 0.629. The molecule has 0 aliphatic carbocycles. The molecule has 0 radical (unpaired) electrons. The molecule has 0 spiro atoms. The first kappa shape index (κ1) is 11.6. The van der Waals surface area contributed by atoms with Crippen molar-refractivity contribution >= 4 is 27.3 Å². The Hall–Kier alpha value is -0.870. The van der Waals surface area contributed by atoms with Crippen molar-refractivity contribution in [3.63, 3.8) is 0 Å². The van der Waals surface area contributed by atoms with Gasteiger partial charge < -0.3 is 4.74 Å². The van der Waals surface area contributed by atoms with Crippen LogP contribution in [0.4, 0.5) is 4.39 Å². The minimum Gasteiger partial charge on any atom is -0.488 e. The lowest BCUT2D eigenvalue weighted by Gasteiger charge is -2.06. The summed E-state index contributed by atoms with van der Waals surface area (Å²) in [6, 6.07) is 6.88. The molecule has 2 rings (SSSR count). The number of rotatable bonds is 3. The van der Waals surface area contributed by atoms with E-state index in [2.05, 4.69) is 15.9 Å². The zero-order valence-corrected chi connectivity index (χ0v) is 11.1. The highest BCUT2D eigenvalue weighted by molar-refractivity contribution is 9.10. The Bertz CT molecular complexity index is 496. The molecule has 2 aromatic rings. The maximum Gasteiger partial charge on any atom is 0.129 e. The van der Waals surface area contributed by atoms with E-state index < -0.39 is 0 Å². The molecule has 0 saturated carbocycles. The Kier molecular flexibility index (Phi) is 3.61. The van der Waals surface area contributed by atoms with Crippen LogP contribution in [-0.2, 0) is 6.61 Å². The van der Waals surface area contributed by atoms with Gasteiger partial charge in [-0.25, -0.2) is 4.39 Å². The maximum absolute atomic E-state index is 13.2. The molecule has 1 aromatic carbocycles. The van der Waals surface area contributed by atoms with Crippen LogP contribution >= 0.6 is 27.3 Å². The minimum atomic E-state index is -0.234. The van der Waals surface area contributed by atoms with Gasteiger partial charge in [0.05, 0.1) is 4.88 Å². The van der Waals surface area contributed by atoms with Crippen molar-refractivity contribution in [2.75, 3.05) is 0 Å². The zero-order valence-electron chi connectivity index (χ0n) is 8.67. The quantitative estimate of drug-likeness (QED) is 0.809. The molecule has 0 unspecified atom stereocenters. The Labute approximate surface area is 106 Å². The van der Waals surface area contributed by atoms with Gasteiger partial charge in [0.2, 0.25) is 0 Å². The van der Waals surface area contributed by atoms with Gasteiger partial charge in [0.25, 0.3) is 0 Å². The lowest BCUT2D eigenvalue weighted by atomic mass is 10.2. The first-order valence-electron chi connectivity index (χ1n) is 4.77. The number of benzene rings is 1. The van der Waals surface area contributed by atoms with Crippen LogP contribution in [0, 0.1) is 12.7 Å². The van der Waals surface area contributed by atoms with Gasteiger partial charge in [-0.1, -0.05) is 6.07 Å². The van der Waals surface area contributed by atoms with E-state index in [-0.39, 0.29) is 5.82 Å². The van der Waals surface area contributed by atoms with Crippen molar-refractivity contribution < 1.29 is 9.13 Å². The molecule has 1 heterocycles. The number of thiophene rings is 1. The summed E-state index contributed by atoms with van der Waals surface area (Å²) in [4.78, 5) is 1.10. The van der Waals surface area contributed by atoms with E-state index in [0.717, 1.165) is 9.35 Å². The van der Waals surface area contributed by atoms with Gasteiger partial charge in [0.1, 0.15) is 18.2 Å². The summed E-state index contributed by atoms with van der Waals surface area (Å²) in [6.07, 6.45) is 0. The van der Waals surface area contributed by atoms with E-state index >= 15 is 0 Å². The average molecular weight is 301 g/mol. The second-order valence-electron chi connectivity index (χ2n) is 3.39. The van der Waals surface area contributed by atoms with Gasteiger partial charge in [-0.2, -0.15) is 0 Å². The molecule has 0 saturated heterocycles. The molecule has 0 atom stereocenters. The Balaban J connectivity index is 2.05. The van der Waals surface area contributed by atoms with Crippen molar-refractivity contribution in [1.82, 2.24) is 0 Å². The normalized spacial score (nSPS) is 10.4. The number of halogens is 2. The van der Waals surface area contributed by atoms with Crippen molar-refractivity contribution in [1.29, 1.82) is 0 Å². The Morgan fingerprint density at radius 2 is 2.19 bits per heavy atom. The Morgan fingerprint density at radius 3 is 2.81 bits per heavy atom.